The molecule has 8 nitrogen and oxygen atoms in total. The maximum Gasteiger partial charge on any atom is 0.246 e. The van der Waals surface area contributed by atoms with Crippen LogP contribution in [0.25, 0.3) is 11.2 Å². The standard InChI is InChI=1S/C26H30N5O3Si/c1-23(2,3)24(4,18-11-7-5-8-12-18)26(32,33)25(15-34-35,19-13-9-6-10-14-19)31-17-30-20-21(27)28-16-29-22(20)31/h5-14,16-17,32-33H,15H2,1-4H3,(H2,27,28,29). The van der Waals surface area contributed by atoms with E-state index in [1.165, 1.54) is 12.7 Å². The van der Waals surface area contributed by atoms with E-state index >= 15 is 0 Å². The lowest BCUT2D eigenvalue weighted by Gasteiger charge is -2.58. The zero-order valence-electron chi connectivity index (χ0n) is 20.3. The van der Waals surface area contributed by atoms with Gasteiger partial charge in [-0.15, -0.1) is 0 Å². The Hall–Kier alpha value is -3.11. The lowest BCUT2D eigenvalue weighted by molar-refractivity contribution is -0.289. The highest BCUT2D eigenvalue weighted by Gasteiger charge is 2.66. The molecule has 4 aromatic rings. The summed E-state index contributed by atoms with van der Waals surface area (Å²) < 4.78 is 7.18. The fourth-order valence-electron chi connectivity index (χ4n) is 5.05. The first-order chi connectivity index (χ1) is 16.5. The summed E-state index contributed by atoms with van der Waals surface area (Å²) in [6, 6.07) is 18.7. The Labute approximate surface area is 208 Å². The molecular weight excluding hydrogens is 458 g/mol. The first-order valence-corrected chi connectivity index (χ1v) is 11.7. The number of benzene rings is 2. The molecule has 2 heterocycles. The molecule has 3 radical (unpaired) electrons. The van der Waals surface area contributed by atoms with Crippen molar-refractivity contribution in [2.24, 2.45) is 5.41 Å². The highest BCUT2D eigenvalue weighted by atomic mass is 28.2. The molecule has 2 unspecified atom stereocenters. The van der Waals surface area contributed by atoms with Gasteiger partial charge in [-0.05, 0) is 23.5 Å². The SMILES string of the molecule is CC(C)(C)C(C)(c1ccccc1)C(O)(O)C(CO[Si])(c1ccccc1)n1cnc2c(N)ncnc21. The minimum absolute atomic E-state index is 0.172. The fraction of sp³-hybridized carbons (Fsp3) is 0.346. The molecule has 0 saturated heterocycles. The molecule has 35 heavy (non-hydrogen) atoms. The van der Waals surface area contributed by atoms with Crippen LogP contribution in [0, 0.1) is 5.41 Å². The molecule has 4 N–H and O–H groups in total. The second-order valence-corrected chi connectivity index (χ2v) is 10.3. The van der Waals surface area contributed by atoms with Crippen LogP contribution in [0.1, 0.15) is 38.8 Å². The van der Waals surface area contributed by atoms with Gasteiger partial charge in [0.15, 0.2) is 11.5 Å². The Morgan fingerprint density at radius 2 is 1.46 bits per heavy atom. The summed E-state index contributed by atoms with van der Waals surface area (Å²) in [6.45, 7) is 7.64. The van der Waals surface area contributed by atoms with Gasteiger partial charge in [-0.25, -0.2) is 15.0 Å². The molecule has 2 atom stereocenters. The number of aromatic nitrogens is 4. The van der Waals surface area contributed by atoms with Gasteiger partial charge in [0.25, 0.3) is 0 Å². The van der Waals surface area contributed by atoms with Crippen LogP contribution in [0.15, 0.2) is 73.3 Å². The molecule has 181 valence electrons. The molecule has 0 amide bonds. The number of anilines is 1. The zero-order valence-corrected chi connectivity index (χ0v) is 21.3. The van der Waals surface area contributed by atoms with Crippen molar-refractivity contribution in [1.29, 1.82) is 0 Å². The lowest BCUT2D eigenvalue weighted by atomic mass is 9.54. The van der Waals surface area contributed by atoms with E-state index in [-0.39, 0.29) is 12.4 Å². The van der Waals surface area contributed by atoms with Crippen LogP contribution < -0.4 is 5.73 Å². The molecule has 9 heteroatoms. The van der Waals surface area contributed by atoms with Crippen LogP contribution in [-0.2, 0) is 15.4 Å². The largest absolute Gasteiger partial charge is 0.416 e. The van der Waals surface area contributed by atoms with Crippen LogP contribution in [0.2, 0.25) is 0 Å². The van der Waals surface area contributed by atoms with Crippen molar-refractivity contribution in [1.82, 2.24) is 19.5 Å². The van der Waals surface area contributed by atoms with E-state index < -0.39 is 22.2 Å². The third-order valence-corrected chi connectivity index (χ3v) is 7.57. The van der Waals surface area contributed by atoms with E-state index in [2.05, 4.69) is 25.4 Å². The second kappa shape index (κ2) is 8.83. The number of rotatable bonds is 7. The first kappa shape index (κ1) is 25.0. The first-order valence-electron chi connectivity index (χ1n) is 11.3. The number of hydrogen-bond donors (Lipinski definition) is 3. The van der Waals surface area contributed by atoms with E-state index in [4.69, 9.17) is 10.2 Å². The van der Waals surface area contributed by atoms with Gasteiger partial charge in [-0.3, -0.25) is 4.57 Å². The summed E-state index contributed by atoms with van der Waals surface area (Å²) in [6.07, 6.45) is 2.83. The smallest absolute Gasteiger partial charge is 0.246 e. The van der Waals surface area contributed by atoms with Crippen LogP contribution in [0.3, 0.4) is 0 Å². The summed E-state index contributed by atoms with van der Waals surface area (Å²) in [7, 11) is 3.16. The van der Waals surface area contributed by atoms with Gasteiger partial charge in [-0.2, -0.15) is 0 Å². The van der Waals surface area contributed by atoms with Gasteiger partial charge >= 0.3 is 0 Å². The van der Waals surface area contributed by atoms with Gasteiger partial charge in [0, 0.05) is 0 Å². The Morgan fingerprint density at radius 1 is 0.886 bits per heavy atom. The minimum atomic E-state index is -2.46. The molecule has 2 aromatic carbocycles. The third kappa shape index (κ3) is 3.58. The van der Waals surface area contributed by atoms with Crippen molar-refractivity contribution < 1.29 is 14.6 Å². The normalized spacial score (nSPS) is 16.1. The number of nitrogen functional groups attached to an aromatic ring is 1. The average molecular weight is 489 g/mol. The maximum absolute atomic E-state index is 12.6. The zero-order chi connectivity index (χ0) is 25.5. The molecule has 0 fully saturated rings. The third-order valence-electron chi connectivity index (χ3n) is 7.43. The topological polar surface area (TPSA) is 119 Å². The van der Waals surface area contributed by atoms with Crippen LogP contribution in [0.5, 0.6) is 0 Å². The highest BCUT2D eigenvalue weighted by molar-refractivity contribution is 5.98. The van der Waals surface area contributed by atoms with Crippen LogP contribution in [0.4, 0.5) is 5.82 Å². The van der Waals surface area contributed by atoms with Crippen molar-refractivity contribution in [2.45, 2.75) is 44.4 Å². The molecule has 2 aromatic heterocycles. The van der Waals surface area contributed by atoms with E-state index in [0.717, 1.165) is 5.56 Å². The van der Waals surface area contributed by atoms with E-state index in [9.17, 15) is 10.2 Å². The van der Waals surface area contributed by atoms with Crippen molar-refractivity contribution in [3.63, 3.8) is 0 Å². The number of nitrogens with two attached hydrogens (primary N) is 1. The summed E-state index contributed by atoms with van der Waals surface area (Å²) in [4.78, 5) is 12.9. The number of imidazole rings is 1. The molecular formula is C26H30N5O3Si. The monoisotopic (exact) mass is 488 g/mol. The number of fused-ring (bicyclic) bond motifs is 1. The molecule has 0 aliphatic rings. The fourth-order valence-corrected chi connectivity index (χ4v) is 5.26. The summed E-state index contributed by atoms with van der Waals surface area (Å²) in [5, 5.41) is 25.3. The van der Waals surface area contributed by atoms with Gasteiger partial charge in [-0.1, -0.05) is 81.4 Å². The number of hydrogen-bond acceptors (Lipinski definition) is 7. The van der Waals surface area contributed by atoms with Crippen LogP contribution in [-0.4, -0.2) is 52.6 Å². The molecule has 0 aliphatic carbocycles. The molecule has 4 rings (SSSR count). The summed E-state index contributed by atoms with van der Waals surface area (Å²) in [5.74, 6) is -2.26. The van der Waals surface area contributed by atoms with Crippen molar-refractivity contribution >= 4 is 27.5 Å². The summed E-state index contributed by atoms with van der Waals surface area (Å²) in [5.41, 5.74) is 4.66. The van der Waals surface area contributed by atoms with Crippen molar-refractivity contribution in [3.8, 4) is 0 Å². The van der Waals surface area contributed by atoms with Crippen molar-refractivity contribution in [3.05, 3.63) is 84.4 Å². The minimum Gasteiger partial charge on any atom is -0.416 e. The quantitative estimate of drug-likeness (QED) is 0.270. The van der Waals surface area contributed by atoms with E-state index in [0.29, 0.717) is 16.7 Å². The lowest BCUT2D eigenvalue weighted by Crippen LogP contribution is -2.71. The Bertz CT molecular complexity index is 1310. The van der Waals surface area contributed by atoms with Gasteiger partial charge < -0.3 is 20.4 Å². The van der Waals surface area contributed by atoms with Gasteiger partial charge in [0.05, 0.1) is 18.3 Å². The van der Waals surface area contributed by atoms with Gasteiger partial charge in [0.1, 0.15) is 17.4 Å². The number of nitrogens with zero attached hydrogens (tertiary/aromatic N) is 4. The van der Waals surface area contributed by atoms with Gasteiger partial charge in [0.2, 0.25) is 16.3 Å². The number of aliphatic hydroxyl groups is 2. The summed E-state index contributed by atoms with van der Waals surface area (Å²) >= 11 is 0. The Morgan fingerprint density at radius 3 is 2.00 bits per heavy atom. The van der Waals surface area contributed by atoms with Crippen molar-refractivity contribution in [2.75, 3.05) is 12.3 Å². The average Bonchev–Trinajstić information content (AvgIpc) is 3.28. The maximum atomic E-state index is 12.6. The van der Waals surface area contributed by atoms with E-state index in [1.54, 1.807) is 4.57 Å². The molecule has 0 aliphatic heterocycles. The second-order valence-electron chi connectivity index (χ2n) is 9.97. The molecule has 0 spiro atoms. The predicted octanol–water partition coefficient (Wildman–Crippen LogP) is 2.94. The molecule has 0 saturated carbocycles. The Kier molecular flexibility index (Phi) is 6.31. The van der Waals surface area contributed by atoms with Crippen LogP contribution >= 0.6 is 0 Å². The Balaban J connectivity index is 2.17. The van der Waals surface area contributed by atoms with E-state index in [1.807, 2.05) is 88.4 Å². The highest BCUT2D eigenvalue weighted by Crippen LogP contribution is 2.55. The predicted molar refractivity (Wildman–Crippen MR) is 135 cm³/mol. The molecule has 0 bridgehead atoms.